The van der Waals surface area contributed by atoms with Gasteiger partial charge in [0.2, 0.25) is 0 Å². The van der Waals surface area contributed by atoms with Crippen LogP contribution in [0.4, 0.5) is 0 Å². The summed E-state index contributed by atoms with van der Waals surface area (Å²) in [5.41, 5.74) is 0. The van der Waals surface area contributed by atoms with Gasteiger partial charge in [0, 0.05) is 12.6 Å². The van der Waals surface area contributed by atoms with Crippen LogP contribution in [-0.4, -0.2) is 37.1 Å². The van der Waals surface area contributed by atoms with E-state index in [9.17, 15) is 0 Å². The molecule has 1 N–H and O–H groups in total. The molecule has 0 aromatic heterocycles. The molecule has 0 aromatic rings. The molecule has 3 nitrogen and oxygen atoms in total. The van der Waals surface area contributed by atoms with Crippen molar-refractivity contribution in [3.8, 4) is 6.07 Å². The molecular formula is C12H25N3. The van der Waals surface area contributed by atoms with Gasteiger partial charge in [0.25, 0.3) is 0 Å². The lowest BCUT2D eigenvalue weighted by Crippen LogP contribution is -2.42. The van der Waals surface area contributed by atoms with Crippen LogP contribution in [-0.2, 0) is 0 Å². The predicted molar refractivity (Wildman–Crippen MR) is 64.7 cm³/mol. The smallest absolute Gasteiger partial charge is 0.108 e. The molecule has 0 aliphatic rings. The summed E-state index contributed by atoms with van der Waals surface area (Å²) in [6, 6.07) is 2.84. The van der Waals surface area contributed by atoms with Crippen molar-refractivity contribution >= 4 is 0 Å². The first-order chi connectivity index (χ1) is 7.15. The average molecular weight is 211 g/mol. The molecule has 15 heavy (non-hydrogen) atoms. The van der Waals surface area contributed by atoms with Gasteiger partial charge in [-0.3, -0.25) is 0 Å². The molecule has 0 spiro atoms. The third-order valence-electron chi connectivity index (χ3n) is 2.73. The first-order valence-electron chi connectivity index (χ1n) is 5.98. The molecule has 0 aliphatic carbocycles. The third kappa shape index (κ3) is 6.48. The first-order valence-corrected chi connectivity index (χ1v) is 5.98. The van der Waals surface area contributed by atoms with Crippen molar-refractivity contribution in [1.82, 2.24) is 10.2 Å². The second-order valence-electron chi connectivity index (χ2n) is 4.21. The number of rotatable bonds is 8. The van der Waals surface area contributed by atoms with E-state index in [1.54, 1.807) is 0 Å². The van der Waals surface area contributed by atoms with Crippen molar-refractivity contribution in [3.05, 3.63) is 0 Å². The topological polar surface area (TPSA) is 39.1 Å². The second kappa shape index (κ2) is 8.70. The molecule has 0 bridgehead atoms. The van der Waals surface area contributed by atoms with Gasteiger partial charge in [0.1, 0.15) is 6.04 Å². The first kappa shape index (κ1) is 14.4. The van der Waals surface area contributed by atoms with Crippen LogP contribution in [0.2, 0.25) is 0 Å². The Morgan fingerprint density at radius 2 is 2.00 bits per heavy atom. The fourth-order valence-corrected chi connectivity index (χ4v) is 1.58. The number of likely N-dealkylation sites (N-methyl/N-ethyl adjacent to an activating group) is 1. The van der Waals surface area contributed by atoms with Gasteiger partial charge < -0.3 is 10.2 Å². The van der Waals surface area contributed by atoms with Crippen molar-refractivity contribution in [2.45, 2.75) is 52.1 Å². The summed E-state index contributed by atoms with van der Waals surface area (Å²) >= 11 is 0. The molecule has 2 unspecified atom stereocenters. The largest absolute Gasteiger partial charge is 0.301 e. The highest BCUT2D eigenvalue weighted by atomic mass is 15.1. The molecule has 0 aromatic carbocycles. The average Bonchev–Trinajstić information content (AvgIpc) is 2.24. The highest BCUT2D eigenvalue weighted by molar-refractivity contribution is 4.92. The molecule has 2 atom stereocenters. The van der Waals surface area contributed by atoms with E-state index in [4.69, 9.17) is 5.26 Å². The Morgan fingerprint density at radius 1 is 1.33 bits per heavy atom. The van der Waals surface area contributed by atoms with E-state index >= 15 is 0 Å². The minimum absolute atomic E-state index is 0.0331. The van der Waals surface area contributed by atoms with Crippen molar-refractivity contribution in [2.75, 3.05) is 20.1 Å². The number of nitrogens with zero attached hydrogens (tertiary/aromatic N) is 2. The maximum atomic E-state index is 8.97. The van der Waals surface area contributed by atoms with Crippen molar-refractivity contribution in [2.24, 2.45) is 0 Å². The van der Waals surface area contributed by atoms with Gasteiger partial charge in [-0.05, 0) is 33.4 Å². The Labute approximate surface area is 94.5 Å². The lowest BCUT2D eigenvalue weighted by Gasteiger charge is -2.26. The van der Waals surface area contributed by atoms with E-state index in [0.717, 1.165) is 19.5 Å². The summed E-state index contributed by atoms with van der Waals surface area (Å²) in [5.74, 6) is 0. The van der Waals surface area contributed by atoms with Crippen LogP contribution in [0.25, 0.3) is 0 Å². The lowest BCUT2D eigenvalue weighted by atomic mass is 10.1. The summed E-state index contributed by atoms with van der Waals surface area (Å²) in [7, 11) is 2.10. The van der Waals surface area contributed by atoms with E-state index in [0.29, 0.717) is 6.04 Å². The summed E-state index contributed by atoms with van der Waals surface area (Å²) in [5, 5.41) is 12.2. The predicted octanol–water partition coefficient (Wildman–Crippen LogP) is 2.00. The Bertz CT molecular complexity index is 186. The quantitative estimate of drug-likeness (QED) is 0.667. The molecule has 0 fully saturated rings. The zero-order valence-electron chi connectivity index (χ0n) is 10.6. The fraction of sp³-hybridized carbons (Fsp3) is 0.917. The minimum atomic E-state index is -0.0331. The van der Waals surface area contributed by atoms with Crippen LogP contribution in [0.5, 0.6) is 0 Å². The standard InChI is InChI=1S/C12H25N3/c1-5-7-11(3)15(4)10-12(9-13)14-8-6-2/h11-12,14H,5-8,10H2,1-4H3. The summed E-state index contributed by atoms with van der Waals surface area (Å²) in [6.45, 7) is 8.27. The van der Waals surface area contributed by atoms with Gasteiger partial charge in [-0.1, -0.05) is 20.3 Å². The van der Waals surface area contributed by atoms with Crippen LogP contribution < -0.4 is 5.32 Å². The lowest BCUT2D eigenvalue weighted by molar-refractivity contribution is 0.232. The van der Waals surface area contributed by atoms with Crippen molar-refractivity contribution in [3.63, 3.8) is 0 Å². The maximum absolute atomic E-state index is 8.97. The number of nitriles is 1. The van der Waals surface area contributed by atoms with Crippen molar-refractivity contribution in [1.29, 1.82) is 5.26 Å². The van der Waals surface area contributed by atoms with Crippen molar-refractivity contribution < 1.29 is 0 Å². The van der Waals surface area contributed by atoms with Crippen LogP contribution in [0.15, 0.2) is 0 Å². The van der Waals surface area contributed by atoms with Gasteiger partial charge in [-0.25, -0.2) is 0 Å². The highest BCUT2D eigenvalue weighted by Gasteiger charge is 2.13. The molecule has 0 heterocycles. The minimum Gasteiger partial charge on any atom is -0.301 e. The van der Waals surface area contributed by atoms with Gasteiger partial charge in [-0.2, -0.15) is 5.26 Å². The summed E-state index contributed by atoms with van der Waals surface area (Å²) < 4.78 is 0. The number of hydrogen-bond donors (Lipinski definition) is 1. The molecule has 0 saturated heterocycles. The molecule has 0 saturated carbocycles. The summed E-state index contributed by atoms with van der Waals surface area (Å²) in [4.78, 5) is 2.26. The monoisotopic (exact) mass is 211 g/mol. The summed E-state index contributed by atoms with van der Waals surface area (Å²) in [6.07, 6.45) is 3.47. The van der Waals surface area contributed by atoms with Crippen LogP contribution in [0, 0.1) is 11.3 Å². The van der Waals surface area contributed by atoms with E-state index in [1.165, 1.54) is 12.8 Å². The van der Waals surface area contributed by atoms with Gasteiger partial charge in [0.05, 0.1) is 6.07 Å². The molecule has 0 rings (SSSR count). The van der Waals surface area contributed by atoms with Crippen LogP contribution in [0.1, 0.15) is 40.0 Å². The van der Waals surface area contributed by atoms with Gasteiger partial charge in [-0.15, -0.1) is 0 Å². The van der Waals surface area contributed by atoms with Gasteiger partial charge >= 0.3 is 0 Å². The molecule has 0 radical (unpaired) electrons. The number of hydrogen-bond acceptors (Lipinski definition) is 3. The van der Waals surface area contributed by atoms with E-state index < -0.39 is 0 Å². The Balaban J connectivity index is 3.90. The Hall–Kier alpha value is -0.590. The van der Waals surface area contributed by atoms with E-state index in [1.807, 2.05) is 0 Å². The van der Waals surface area contributed by atoms with E-state index in [2.05, 4.69) is 44.1 Å². The normalized spacial score (nSPS) is 14.9. The Kier molecular flexibility index (Phi) is 8.35. The third-order valence-corrected chi connectivity index (χ3v) is 2.73. The molecular weight excluding hydrogens is 186 g/mol. The molecule has 0 amide bonds. The fourth-order valence-electron chi connectivity index (χ4n) is 1.58. The van der Waals surface area contributed by atoms with Gasteiger partial charge in [0.15, 0.2) is 0 Å². The molecule has 3 heteroatoms. The maximum Gasteiger partial charge on any atom is 0.108 e. The van der Waals surface area contributed by atoms with Crippen LogP contribution in [0.3, 0.4) is 0 Å². The zero-order valence-corrected chi connectivity index (χ0v) is 10.6. The zero-order chi connectivity index (χ0) is 11.7. The SMILES string of the molecule is CCCNC(C#N)CN(C)C(C)CCC. The number of nitrogens with one attached hydrogen (secondary N) is 1. The highest BCUT2D eigenvalue weighted by Crippen LogP contribution is 2.04. The molecule has 0 aliphatic heterocycles. The molecule has 88 valence electrons. The van der Waals surface area contributed by atoms with E-state index in [-0.39, 0.29) is 6.04 Å². The van der Waals surface area contributed by atoms with Crippen LogP contribution >= 0.6 is 0 Å². The Morgan fingerprint density at radius 3 is 2.47 bits per heavy atom. The second-order valence-corrected chi connectivity index (χ2v) is 4.21.